The molecule has 3 amide bonds. The van der Waals surface area contributed by atoms with Gasteiger partial charge in [0.15, 0.2) is 6.23 Å². The Hall–Kier alpha value is -2.45. The number of hydrogen-bond donors (Lipinski definition) is 3. The number of benzene rings is 1. The van der Waals surface area contributed by atoms with Crippen molar-refractivity contribution < 1.29 is 24.6 Å². The molecule has 27 heavy (non-hydrogen) atoms. The van der Waals surface area contributed by atoms with Crippen molar-refractivity contribution in [3.05, 3.63) is 29.3 Å². The molecule has 1 aromatic carbocycles. The fourth-order valence-corrected chi connectivity index (χ4v) is 4.19. The first-order valence-corrected chi connectivity index (χ1v) is 9.33. The Morgan fingerprint density at radius 1 is 1.11 bits per heavy atom. The Labute approximate surface area is 156 Å². The average molecular weight is 373 g/mol. The molecule has 2 saturated heterocycles. The molecular formula is C19H23N3O5. The summed E-state index contributed by atoms with van der Waals surface area (Å²) in [5, 5.41) is 22.3. The van der Waals surface area contributed by atoms with Gasteiger partial charge in [-0.05, 0) is 43.4 Å². The maximum absolute atomic E-state index is 12.8. The summed E-state index contributed by atoms with van der Waals surface area (Å²) in [6, 6.07) is 4.52. The highest BCUT2D eigenvalue weighted by molar-refractivity contribution is 6.05. The summed E-state index contributed by atoms with van der Waals surface area (Å²) in [4.78, 5) is 39.6. The predicted molar refractivity (Wildman–Crippen MR) is 95.8 cm³/mol. The topological polar surface area (TPSA) is 110 Å². The van der Waals surface area contributed by atoms with Gasteiger partial charge in [-0.1, -0.05) is 0 Å². The summed E-state index contributed by atoms with van der Waals surface area (Å²) in [5.41, 5.74) is 1.80. The molecule has 3 aliphatic rings. The fraction of sp³-hybridized carbons (Fsp3) is 0.526. The molecule has 4 rings (SSSR count). The summed E-state index contributed by atoms with van der Waals surface area (Å²) >= 11 is 0. The van der Waals surface area contributed by atoms with E-state index in [2.05, 4.69) is 10.2 Å². The Morgan fingerprint density at radius 3 is 2.52 bits per heavy atom. The number of aliphatic hydroxyl groups is 2. The van der Waals surface area contributed by atoms with Crippen molar-refractivity contribution >= 4 is 23.4 Å². The fourth-order valence-electron chi connectivity index (χ4n) is 4.19. The largest absolute Gasteiger partial charge is 0.396 e. The number of rotatable bonds is 3. The lowest BCUT2D eigenvalue weighted by molar-refractivity contribution is -0.139. The van der Waals surface area contributed by atoms with Crippen molar-refractivity contribution in [3.8, 4) is 0 Å². The highest BCUT2D eigenvalue weighted by Crippen LogP contribution is 2.37. The minimum absolute atomic E-state index is 0.147. The Kier molecular flexibility index (Phi) is 4.61. The van der Waals surface area contributed by atoms with Crippen LogP contribution in [0.2, 0.25) is 0 Å². The number of fused-ring (bicyclic) bond motifs is 1. The lowest BCUT2D eigenvalue weighted by atomic mass is 9.97. The summed E-state index contributed by atoms with van der Waals surface area (Å²) in [6.07, 6.45) is 0.957. The molecule has 0 aliphatic carbocycles. The zero-order valence-corrected chi connectivity index (χ0v) is 14.9. The molecule has 0 spiro atoms. The maximum Gasteiger partial charge on any atom is 0.257 e. The van der Waals surface area contributed by atoms with Gasteiger partial charge in [0.05, 0.1) is 0 Å². The van der Waals surface area contributed by atoms with Gasteiger partial charge in [-0.3, -0.25) is 24.6 Å². The highest BCUT2D eigenvalue weighted by atomic mass is 16.3. The van der Waals surface area contributed by atoms with Gasteiger partial charge in [0.25, 0.3) is 5.91 Å². The number of anilines is 1. The van der Waals surface area contributed by atoms with Crippen molar-refractivity contribution in [1.29, 1.82) is 0 Å². The number of carbonyl (C=O) groups is 3. The third-order valence-electron chi connectivity index (χ3n) is 5.83. The number of imide groups is 1. The molecule has 144 valence electrons. The molecule has 2 atom stereocenters. The quantitative estimate of drug-likeness (QED) is 0.651. The molecular weight excluding hydrogens is 350 g/mol. The van der Waals surface area contributed by atoms with Crippen molar-refractivity contribution in [3.63, 3.8) is 0 Å². The second-order valence-corrected chi connectivity index (χ2v) is 7.44. The zero-order chi connectivity index (χ0) is 19.1. The van der Waals surface area contributed by atoms with Crippen LogP contribution in [0.3, 0.4) is 0 Å². The van der Waals surface area contributed by atoms with E-state index >= 15 is 0 Å². The van der Waals surface area contributed by atoms with E-state index in [1.807, 2.05) is 12.1 Å². The number of amides is 3. The van der Waals surface area contributed by atoms with Gasteiger partial charge in [0.1, 0.15) is 6.04 Å². The van der Waals surface area contributed by atoms with E-state index in [0.29, 0.717) is 17.0 Å². The lowest BCUT2D eigenvalue weighted by Gasteiger charge is -2.33. The van der Waals surface area contributed by atoms with Crippen LogP contribution < -0.4 is 10.2 Å². The second-order valence-electron chi connectivity index (χ2n) is 7.44. The number of nitrogens with one attached hydrogen (secondary N) is 1. The zero-order valence-electron chi connectivity index (χ0n) is 14.9. The molecule has 0 aromatic heterocycles. The van der Waals surface area contributed by atoms with Crippen LogP contribution in [0.15, 0.2) is 18.2 Å². The minimum atomic E-state index is -1.20. The summed E-state index contributed by atoms with van der Waals surface area (Å²) in [5.74, 6) is -0.968. The summed E-state index contributed by atoms with van der Waals surface area (Å²) < 4.78 is 0. The van der Waals surface area contributed by atoms with Gasteiger partial charge >= 0.3 is 0 Å². The van der Waals surface area contributed by atoms with Crippen LogP contribution in [0.4, 0.5) is 5.69 Å². The normalized spacial score (nSPS) is 26.4. The molecule has 0 saturated carbocycles. The van der Waals surface area contributed by atoms with E-state index in [-0.39, 0.29) is 25.4 Å². The van der Waals surface area contributed by atoms with Crippen molar-refractivity contribution in [1.82, 2.24) is 10.2 Å². The molecule has 1 aromatic rings. The van der Waals surface area contributed by atoms with E-state index < -0.39 is 24.1 Å². The molecule has 2 unspecified atom stereocenters. The first kappa shape index (κ1) is 17.9. The monoisotopic (exact) mass is 373 g/mol. The van der Waals surface area contributed by atoms with Crippen LogP contribution in [0.25, 0.3) is 0 Å². The molecule has 8 nitrogen and oxygen atoms in total. The summed E-state index contributed by atoms with van der Waals surface area (Å²) in [7, 11) is 0. The van der Waals surface area contributed by atoms with Gasteiger partial charge in [-0.25, -0.2) is 0 Å². The molecule has 2 fully saturated rings. The van der Waals surface area contributed by atoms with Crippen LogP contribution in [0.1, 0.15) is 47.8 Å². The van der Waals surface area contributed by atoms with Crippen LogP contribution in [-0.4, -0.2) is 58.6 Å². The van der Waals surface area contributed by atoms with Crippen LogP contribution >= 0.6 is 0 Å². The van der Waals surface area contributed by atoms with Gasteiger partial charge in [0.2, 0.25) is 11.8 Å². The number of carbonyl (C=O) groups excluding carboxylic acids is 3. The Morgan fingerprint density at radius 2 is 1.85 bits per heavy atom. The highest BCUT2D eigenvalue weighted by Gasteiger charge is 2.44. The van der Waals surface area contributed by atoms with Crippen molar-refractivity contribution in [2.24, 2.45) is 5.92 Å². The van der Waals surface area contributed by atoms with E-state index in [0.717, 1.165) is 31.6 Å². The van der Waals surface area contributed by atoms with E-state index in [1.54, 1.807) is 6.07 Å². The number of nitrogens with zero attached hydrogens (tertiary/aromatic N) is 2. The number of aliphatic hydroxyl groups excluding tert-OH is 2. The summed E-state index contributed by atoms with van der Waals surface area (Å²) in [6.45, 7) is 1.82. The van der Waals surface area contributed by atoms with Crippen LogP contribution in [0.5, 0.6) is 0 Å². The van der Waals surface area contributed by atoms with E-state index in [1.165, 1.54) is 4.90 Å². The van der Waals surface area contributed by atoms with Gasteiger partial charge in [0, 0.05) is 42.9 Å². The van der Waals surface area contributed by atoms with Gasteiger partial charge in [-0.2, -0.15) is 0 Å². The third-order valence-corrected chi connectivity index (χ3v) is 5.83. The van der Waals surface area contributed by atoms with Crippen LogP contribution in [0, 0.1) is 5.92 Å². The van der Waals surface area contributed by atoms with Crippen molar-refractivity contribution in [2.75, 3.05) is 24.6 Å². The molecule has 3 aliphatic heterocycles. The minimum Gasteiger partial charge on any atom is -0.396 e. The maximum atomic E-state index is 12.8. The molecule has 8 heteroatoms. The molecule has 3 N–H and O–H groups in total. The third kappa shape index (κ3) is 3.08. The van der Waals surface area contributed by atoms with E-state index in [9.17, 15) is 24.6 Å². The first-order valence-electron chi connectivity index (χ1n) is 9.33. The number of piperidine rings is 2. The van der Waals surface area contributed by atoms with Gasteiger partial charge in [-0.15, -0.1) is 0 Å². The molecule has 0 radical (unpaired) electrons. The van der Waals surface area contributed by atoms with Crippen molar-refractivity contribution in [2.45, 2.75) is 38.0 Å². The van der Waals surface area contributed by atoms with E-state index in [4.69, 9.17) is 0 Å². The Balaban J connectivity index is 1.56. The number of hydrogen-bond acceptors (Lipinski definition) is 6. The van der Waals surface area contributed by atoms with Gasteiger partial charge < -0.3 is 15.1 Å². The molecule has 3 heterocycles. The molecule has 0 bridgehead atoms. The SMILES string of the molecule is O=C1CCC(N2C(=O)c3ccc(N4CCC(CO)CC4)cc3C2O)C(=O)N1. The second kappa shape index (κ2) is 6.94. The smallest absolute Gasteiger partial charge is 0.257 e. The average Bonchev–Trinajstić information content (AvgIpc) is 2.92. The standard InChI is InChI=1S/C19H23N3O5/c23-10-11-5-7-21(8-6-11)12-1-2-13-14(9-12)19(27)22(18(13)26)15-3-4-16(24)20-17(15)25/h1-2,9,11,15,19,23,27H,3-8,10H2,(H,20,24,25). The van der Waals surface area contributed by atoms with Crippen LogP contribution in [-0.2, 0) is 9.59 Å². The Bertz CT molecular complexity index is 788. The lowest BCUT2D eigenvalue weighted by Crippen LogP contribution is -2.53. The predicted octanol–water partition coefficient (Wildman–Crippen LogP) is 0.147. The first-order chi connectivity index (χ1) is 13.0.